The van der Waals surface area contributed by atoms with Gasteiger partial charge in [0, 0.05) is 0 Å². The fourth-order valence-electron chi connectivity index (χ4n) is 2.98. The van der Waals surface area contributed by atoms with Crippen molar-refractivity contribution in [2.24, 2.45) is 0 Å². The molecule has 0 aromatic heterocycles. The number of hydrogen-bond acceptors (Lipinski definition) is 3. The summed E-state index contributed by atoms with van der Waals surface area (Å²) in [6.07, 6.45) is 19.2. The lowest BCUT2D eigenvalue weighted by molar-refractivity contribution is -0.873. The first kappa shape index (κ1) is 25.6. The topological polar surface area (TPSA) is 52.5 Å². The van der Waals surface area contributed by atoms with Crippen molar-refractivity contribution in [3.63, 3.8) is 0 Å². The molecule has 0 aliphatic rings. The van der Waals surface area contributed by atoms with E-state index in [0.29, 0.717) is 6.67 Å². The molecule has 3 N–H and O–H groups in total. The summed E-state index contributed by atoms with van der Waals surface area (Å²) >= 11 is 0. The molecule has 0 aliphatic heterocycles. The number of aliphatic hydroxyl groups is 2. The summed E-state index contributed by atoms with van der Waals surface area (Å²) in [6.45, 7) is 2.93. The molecule has 0 saturated heterocycles. The maximum absolute atomic E-state index is 10.2. The van der Waals surface area contributed by atoms with E-state index >= 15 is 0 Å². The van der Waals surface area contributed by atoms with Crippen LogP contribution in [0.25, 0.3) is 0 Å². The summed E-state index contributed by atoms with van der Waals surface area (Å²) in [4.78, 5) is 0. The Balaban J connectivity index is 3.58. The van der Waals surface area contributed by atoms with Crippen molar-refractivity contribution in [1.82, 2.24) is 5.32 Å². The van der Waals surface area contributed by atoms with Gasteiger partial charge in [0.15, 0.2) is 0 Å². The Morgan fingerprint density at radius 1 is 0.846 bits per heavy atom. The first-order valence-corrected chi connectivity index (χ1v) is 10.9. The molecule has 2 unspecified atom stereocenters. The van der Waals surface area contributed by atoms with Crippen molar-refractivity contribution in [1.29, 1.82) is 0 Å². The highest BCUT2D eigenvalue weighted by Crippen LogP contribution is 2.12. The molecule has 4 heteroatoms. The number of quaternary nitrogens is 1. The van der Waals surface area contributed by atoms with Gasteiger partial charge in [-0.1, -0.05) is 83.3 Å². The van der Waals surface area contributed by atoms with Gasteiger partial charge in [0.05, 0.1) is 39.9 Å². The molecule has 26 heavy (non-hydrogen) atoms. The predicted octanol–water partition coefficient (Wildman–Crippen LogP) is 4.22. The van der Waals surface area contributed by atoms with E-state index < -0.39 is 6.10 Å². The van der Waals surface area contributed by atoms with E-state index in [4.69, 9.17) is 0 Å². The fourth-order valence-corrected chi connectivity index (χ4v) is 2.98. The van der Waals surface area contributed by atoms with E-state index in [-0.39, 0.29) is 12.6 Å². The van der Waals surface area contributed by atoms with E-state index in [1.54, 1.807) is 0 Å². The molecule has 0 aromatic carbocycles. The standard InChI is InChI=1S/C22H47N2O2/c1-5-6-7-8-9-10-11-12-13-14-15-16-17-18-22(26)21(19-25)23-20-24(2,3)4/h17-18,21-23,25-26H,5-16,19-20H2,1-4H3/q+1. The number of hydrogen-bond donors (Lipinski definition) is 3. The largest absolute Gasteiger partial charge is 0.395 e. The summed E-state index contributed by atoms with van der Waals surface area (Å²) in [5.74, 6) is 0. The van der Waals surface area contributed by atoms with Gasteiger partial charge >= 0.3 is 0 Å². The Bertz CT molecular complexity index is 327. The van der Waals surface area contributed by atoms with Crippen LogP contribution in [0.3, 0.4) is 0 Å². The number of aliphatic hydroxyl groups excluding tert-OH is 2. The third-order valence-electron chi connectivity index (χ3n) is 4.74. The van der Waals surface area contributed by atoms with Gasteiger partial charge in [0.2, 0.25) is 0 Å². The van der Waals surface area contributed by atoms with Crippen LogP contribution in [0, 0.1) is 0 Å². The average molecular weight is 372 g/mol. The zero-order valence-electron chi connectivity index (χ0n) is 18.1. The highest BCUT2D eigenvalue weighted by Gasteiger charge is 2.18. The summed E-state index contributed by atoms with van der Waals surface area (Å²) in [5, 5.41) is 22.8. The first-order chi connectivity index (χ1) is 12.4. The Kier molecular flexibility index (Phi) is 16.5. The maximum Gasteiger partial charge on any atom is 0.132 e. The smallest absolute Gasteiger partial charge is 0.132 e. The third kappa shape index (κ3) is 17.0. The van der Waals surface area contributed by atoms with Gasteiger partial charge in [-0.2, -0.15) is 0 Å². The number of rotatable bonds is 18. The van der Waals surface area contributed by atoms with Crippen molar-refractivity contribution < 1.29 is 14.7 Å². The van der Waals surface area contributed by atoms with Crippen LogP contribution in [0.1, 0.15) is 84.0 Å². The van der Waals surface area contributed by atoms with Crippen LogP contribution < -0.4 is 5.32 Å². The normalized spacial score (nSPS) is 14.8. The zero-order chi connectivity index (χ0) is 19.7. The molecule has 156 valence electrons. The minimum Gasteiger partial charge on any atom is -0.395 e. The quantitative estimate of drug-likeness (QED) is 0.146. The second kappa shape index (κ2) is 16.7. The molecular weight excluding hydrogens is 324 g/mol. The Morgan fingerprint density at radius 2 is 1.35 bits per heavy atom. The van der Waals surface area contributed by atoms with Gasteiger partial charge in [0.1, 0.15) is 6.67 Å². The molecule has 2 atom stereocenters. The van der Waals surface area contributed by atoms with E-state index in [2.05, 4.69) is 39.5 Å². The maximum atomic E-state index is 10.2. The number of nitrogens with zero attached hydrogens (tertiary/aromatic N) is 1. The van der Waals surface area contributed by atoms with Gasteiger partial charge in [-0.25, -0.2) is 0 Å². The van der Waals surface area contributed by atoms with Crippen LogP contribution in [0.4, 0.5) is 0 Å². The van der Waals surface area contributed by atoms with Crippen molar-refractivity contribution in [2.45, 2.75) is 96.1 Å². The second-order valence-electron chi connectivity index (χ2n) is 8.68. The molecule has 0 radical (unpaired) electrons. The Morgan fingerprint density at radius 3 is 1.81 bits per heavy atom. The lowest BCUT2D eigenvalue weighted by Gasteiger charge is -2.28. The van der Waals surface area contributed by atoms with E-state index in [1.165, 1.54) is 70.6 Å². The molecule has 0 bridgehead atoms. The minimum atomic E-state index is -0.626. The van der Waals surface area contributed by atoms with Gasteiger partial charge in [-0.3, -0.25) is 5.32 Å². The summed E-state index contributed by atoms with van der Waals surface area (Å²) < 4.78 is 0.756. The van der Waals surface area contributed by atoms with Crippen molar-refractivity contribution in [2.75, 3.05) is 34.4 Å². The zero-order valence-corrected chi connectivity index (χ0v) is 18.1. The van der Waals surface area contributed by atoms with Gasteiger partial charge in [-0.15, -0.1) is 0 Å². The number of allylic oxidation sites excluding steroid dienone is 1. The molecule has 0 heterocycles. The van der Waals surface area contributed by atoms with Crippen LogP contribution >= 0.6 is 0 Å². The second-order valence-corrected chi connectivity index (χ2v) is 8.68. The van der Waals surface area contributed by atoms with E-state index in [1.807, 2.05) is 6.08 Å². The first-order valence-electron chi connectivity index (χ1n) is 10.9. The average Bonchev–Trinajstić information content (AvgIpc) is 2.58. The Hall–Kier alpha value is -0.420. The SMILES string of the molecule is CCCCCCCCCCCCCC=CC(O)C(CO)NC[N+](C)(C)C. The van der Waals surface area contributed by atoms with Crippen molar-refractivity contribution in [3.05, 3.63) is 12.2 Å². The van der Waals surface area contributed by atoms with E-state index in [9.17, 15) is 10.2 Å². The third-order valence-corrected chi connectivity index (χ3v) is 4.74. The highest BCUT2D eigenvalue weighted by atomic mass is 16.3. The Labute approximate surface area is 163 Å². The van der Waals surface area contributed by atoms with Crippen LogP contribution in [0.2, 0.25) is 0 Å². The van der Waals surface area contributed by atoms with E-state index in [0.717, 1.165) is 10.9 Å². The predicted molar refractivity (Wildman–Crippen MR) is 113 cm³/mol. The van der Waals surface area contributed by atoms with Gasteiger partial charge in [-0.05, 0) is 12.8 Å². The molecular formula is C22H47N2O2+. The van der Waals surface area contributed by atoms with Gasteiger partial charge in [0.25, 0.3) is 0 Å². The molecule has 4 nitrogen and oxygen atoms in total. The van der Waals surface area contributed by atoms with Crippen molar-refractivity contribution in [3.8, 4) is 0 Å². The molecule has 0 aromatic rings. The monoisotopic (exact) mass is 371 g/mol. The summed E-state index contributed by atoms with van der Waals surface area (Å²) in [7, 11) is 6.24. The minimum absolute atomic E-state index is 0.0516. The van der Waals surface area contributed by atoms with Crippen LogP contribution in [0.15, 0.2) is 12.2 Å². The van der Waals surface area contributed by atoms with Crippen LogP contribution in [-0.2, 0) is 0 Å². The molecule has 0 amide bonds. The van der Waals surface area contributed by atoms with Crippen LogP contribution in [-0.4, -0.2) is 61.3 Å². The fraction of sp³-hybridized carbons (Fsp3) is 0.909. The molecule has 0 fully saturated rings. The number of unbranched alkanes of at least 4 members (excludes halogenated alkanes) is 11. The lowest BCUT2D eigenvalue weighted by Crippen LogP contribution is -2.51. The summed E-state index contributed by atoms with van der Waals surface area (Å²) in [6, 6.07) is -0.291. The highest BCUT2D eigenvalue weighted by molar-refractivity contribution is 4.94. The van der Waals surface area contributed by atoms with Crippen LogP contribution in [0.5, 0.6) is 0 Å². The molecule has 0 saturated carbocycles. The summed E-state index contributed by atoms with van der Waals surface area (Å²) in [5.41, 5.74) is 0. The van der Waals surface area contributed by atoms with Crippen molar-refractivity contribution >= 4 is 0 Å². The molecule has 0 spiro atoms. The van der Waals surface area contributed by atoms with Gasteiger partial charge < -0.3 is 14.7 Å². The molecule has 0 aliphatic carbocycles. The number of nitrogens with one attached hydrogen (secondary N) is 1. The molecule has 0 rings (SSSR count). The lowest BCUT2D eigenvalue weighted by atomic mass is 10.0.